The first-order valence-corrected chi connectivity index (χ1v) is 8.04. The van der Waals surface area contributed by atoms with Crippen LogP contribution in [0, 0.1) is 5.92 Å². The van der Waals surface area contributed by atoms with Crippen molar-refractivity contribution in [3.05, 3.63) is 71.7 Å². The van der Waals surface area contributed by atoms with E-state index in [1.54, 1.807) is 5.57 Å². The molecule has 0 saturated heterocycles. The van der Waals surface area contributed by atoms with Crippen LogP contribution < -0.4 is 0 Å². The molecule has 2 aliphatic carbocycles. The maximum Gasteiger partial charge on any atom is 0.0588 e. The number of hydrogen-bond acceptors (Lipinski definition) is 1. The van der Waals surface area contributed by atoms with Crippen molar-refractivity contribution in [3.8, 4) is 0 Å². The zero-order valence-electron chi connectivity index (χ0n) is 13.2. The average Bonchev–Trinajstić information content (AvgIpc) is 2.81. The summed E-state index contributed by atoms with van der Waals surface area (Å²) in [5.74, 6) is 0.698. The monoisotopic (exact) mass is 279 g/mol. The van der Waals surface area contributed by atoms with Gasteiger partial charge in [0.2, 0.25) is 0 Å². The molecule has 3 rings (SSSR count). The molecule has 0 aromatic carbocycles. The summed E-state index contributed by atoms with van der Waals surface area (Å²) in [4.78, 5) is 2.45. The number of nitrogens with zero attached hydrogens (tertiary/aromatic N) is 1. The first-order valence-electron chi connectivity index (χ1n) is 8.04. The van der Waals surface area contributed by atoms with E-state index in [0.29, 0.717) is 12.0 Å². The molecule has 0 bridgehead atoms. The third kappa shape index (κ3) is 2.70. The molecule has 0 aromatic rings. The van der Waals surface area contributed by atoms with Crippen LogP contribution in [0.15, 0.2) is 71.7 Å². The highest BCUT2D eigenvalue weighted by Gasteiger charge is 2.39. The molecule has 21 heavy (non-hydrogen) atoms. The molecule has 0 fully saturated rings. The lowest BCUT2D eigenvalue weighted by atomic mass is 9.83. The van der Waals surface area contributed by atoms with Crippen LogP contribution in [0.4, 0.5) is 0 Å². The Hall–Kier alpha value is -1.76. The SMILES string of the molecule is C=C(/C=C\C=C(C)C)N1C2=C(CCC=C2)C2CCC=CC21. The molecule has 110 valence electrons. The predicted octanol–water partition coefficient (Wildman–Crippen LogP) is 5.28. The quantitative estimate of drug-likeness (QED) is 0.502. The van der Waals surface area contributed by atoms with Gasteiger partial charge < -0.3 is 4.90 Å². The van der Waals surface area contributed by atoms with Crippen molar-refractivity contribution >= 4 is 0 Å². The molecule has 3 aliphatic rings. The van der Waals surface area contributed by atoms with E-state index >= 15 is 0 Å². The standard InChI is InChI=1S/C20H25N/c1-15(2)9-8-10-16(3)21-19-13-6-4-11-17(19)18-12-5-7-14-20(18)21/h6-10,13-14,17,19H,3-5,11-12H2,1-2H3/b10-8-. The Morgan fingerprint density at radius 2 is 2.14 bits per heavy atom. The molecule has 0 amide bonds. The Labute approximate surface area is 128 Å². The first-order chi connectivity index (χ1) is 10.2. The second-order valence-electron chi connectivity index (χ2n) is 6.42. The summed E-state index contributed by atoms with van der Waals surface area (Å²) in [7, 11) is 0. The minimum atomic E-state index is 0.482. The van der Waals surface area contributed by atoms with E-state index in [1.165, 1.54) is 37.0 Å². The normalized spacial score (nSPS) is 27.0. The molecule has 0 radical (unpaired) electrons. The van der Waals surface area contributed by atoms with Crippen LogP contribution in [0.2, 0.25) is 0 Å². The van der Waals surface area contributed by atoms with Gasteiger partial charge in [-0.25, -0.2) is 0 Å². The van der Waals surface area contributed by atoms with Gasteiger partial charge in [-0.05, 0) is 57.3 Å². The molecule has 0 aromatic heterocycles. The highest BCUT2D eigenvalue weighted by atomic mass is 15.2. The molecule has 2 unspecified atom stereocenters. The average molecular weight is 279 g/mol. The lowest BCUT2D eigenvalue weighted by Crippen LogP contribution is -2.32. The maximum absolute atomic E-state index is 4.32. The maximum atomic E-state index is 4.32. The lowest BCUT2D eigenvalue weighted by molar-refractivity contribution is 0.334. The van der Waals surface area contributed by atoms with E-state index in [1.807, 2.05) is 0 Å². The molecule has 1 heteroatoms. The topological polar surface area (TPSA) is 3.24 Å². The van der Waals surface area contributed by atoms with Crippen molar-refractivity contribution in [1.29, 1.82) is 0 Å². The van der Waals surface area contributed by atoms with Gasteiger partial charge in [0.05, 0.1) is 6.04 Å². The van der Waals surface area contributed by atoms with Gasteiger partial charge >= 0.3 is 0 Å². The van der Waals surface area contributed by atoms with Crippen molar-refractivity contribution in [2.45, 2.75) is 45.6 Å². The molecule has 0 saturated carbocycles. The van der Waals surface area contributed by atoms with Gasteiger partial charge in [0.25, 0.3) is 0 Å². The smallest absolute Gasteiger partial charge is 0.0588 e. The van der Waals surface area contributed by atoms with E-state index in [0.717, 1.165) is 5.70 Å². The molecular weight excluding hydrogens is 254 g/mol. The molecule has 0 N–H and O–H groups in total. The van der Waals surface area contributed by atoms with Crippen molar-refractivity contribution in [1.82, 2.24) is 4.90 Å². The Bertz CT molecular complexity index is 579. The van der Waals surface area contributed by atoms with Crippen LogP contribution in [0.1, 0.15) is 39.5 Å². The van der Waals surface area contributed by atoms with Gasteiger partial charge in [-0.15, -0.1) is 0 Å². The zero-order chi connectivity index (χ0) is 14.8. The minimum absolute atomic E-state index is 0.482. The lowest BCUT2D eigenvalue weighted by Gasteiger charge is -2.32. The predicted molar refractivity (Wildman–Crippen MR) is 90.6 cm³/mol. The van der Waals surface area contributed by atoms with Gasteiger partial charge in [-0.3, -0.25) is 0 Å². The molecule has 1 heterocycles. The Morgan fingerprint density at radius 3 is 2.95 bits per heavy atom. The second-order valence-corrected chi connectivity index (χ2v) is 6.42. The molecule has 2 atom stereocenters. The van der Waals surface area contributed by atoms with E-state index in [9.17, 15) is 0 Å². The summed E-state index contributed by atoms with van der Waals surface area (Å²) in [5.41, 5.74) is 5.48. The summed E-state index contributed by atoms with van der Waals surface area (Å²) in [6.45, 7) is 8.56. The third-order valence-electron chi connectivity index (χ3n) is 4.61. The van der Waals surface area contributed by atoms with Crippen LogP contribution in [0.5, 0.6) is 0 Å². The molecule has 1 nitrogen and oxygen atoms in total. The van der Waals surface area contributed by atoms with Gasteiger partial charge in [0.1, 0.15) is 0 Å². The number of hydrogen-bond donors (Lipinski definition) is 0. The zero-order valence-corrected chi connectivity index (χ0v) is 13.2. The van der Waals surface area contributed by atoms with E-state index < -0.39 is 0 Å². The highest BCUT2D eigenvalue weighted by Crippen LogP contribution is 2.45. The number of rotatable bonds is 3. The fraction of sp³-hybridized carbons (Fsp3) is 0.400. The molecular formula is C20H25N. The van der Waals surface area contributed by atoms with Crippen LogP contribution in [0.3, 0.4) is 0 Å². The first kappa shape index (κ1) is 14.2. The van der Waals surface area contributed by atoms with E-state index in [4.69, 9.17) is 0 Å². The van der Waals surface area contributed by atoms with Gasteiger partial charge in [-0.1, -0.05) is 42.5 Å². The van der Waals surface area contributed by atoms with Crippen molar-refractivity contribution in [2.24, 2.45) is 5.92 Å². The van der Waals surface area contributed by atoms with Crippen LogP contribution in [-0.2, 0) is 0 Å². The fourth-order valence-electron chi connectivity index (χ4n) is 3.68. The largest absolute Gasteiger partial charge is 0.335 e. The van der Waals surface area contributed by atoms with Crippen molar-refractivity contribution < 1.29 is 0 Å². The summed E-state index contributed by atoms with van der Waals surface area (Å²) < 4.78 is 0. The van der Waals surface area contributed by atoms with E-state index in [2.05, 4.69) is 67.9 Å². The minimum Gasteiger partial charge on any atom is -0.335 e. The highest BCUT2D eigenvalue weighted by molar-refractivity contribution is 5.43. The Balaban J connectivity index is 1.90. The number of fused-ring (bicyclic) bond motifs is 2. The van der Waals surface area contributed by atoms with Crippen molar-refractivity contribution in [2.75, 3.05) is 0 Å². The van der Waals surface area contributed by atoms with Gasteiger partial charge in [0.15, 0.2) is 0 Å². The summed E-state index contributed by atoms with van der Waals surface area (Å²) in [6, 6.07) is 0.482. The van der Waals surface area contributed by atoms with Crippen LogP contribution >= 0.6 is 0 Å². The van der Waals surface area contributed by atoms with Crippen LogP contribution in [-0.4, -0.2) is 10.9 Å². The van der Waals surface area contributed by atoms with Crippen LogP contribution in [0.25, 0.3) is 0 Å². The third-order valence-corrected chi connectivity index (χ3v) is 4.61. The van der Waals surface area contributed by atoms with Gasteiger partial charge in [-0.2, -0.15) is 0 Å². The van der Waals surface area contributed by atoms with E-state index in [-0.39, 0.29) is 0 Å². The Morgan fingerprint density at radius 1 is 1.29 bits per heavy atom. The molecule has 1 aliphatic heterocycles. The Kier molecular flexibility index (Phi) is 4.01. The summed E-state index contributed by atoms with van der Waals surface area (Å²) in [6.07, 6.45) is 20.7. The number of allylic oxidation sites excluding steroid dienone is 7. The van der Waals surface area contributed by atoms with Crippen molar-refractivity contribution in [3.63, 3.8) is 0 Å². The summed E-state index contributed by atoms with van der Waals surface area (Å²) in [5, 5.41) is 0. The summed E-state index contributed by atoms with van der Waals surface area (Å²) >= 11 is 0. The second kappa shape index (κ2) is 5.93. The van der Waals surface area contributed by atoms with Gasteiger partial charge in [0, 0.05) is 17.3 Å². The molecule has 0 spiro atoms. The fourth-order valence-corrected chi connectivity index (χ4v) is 3.68.